The van der Waals surface area contributed by atoms with E-state index in [-0.39, 0.29) is 17.4 Å². The Morgan fingerprint density at radius 1 is 1.16 bits per heavy atom. The van der Waals surface area contributed by atoms with E-state index in [1.54, 1.807) is 12.1 Å². The van der Waals surface area contributed by atoms with Crippen molar-refractivity contribution in [3.63, 3.8) is 0 Å². The molecular formula is C27H30ClF5N4O6. The number of carbonyl (C=O) groups is 2. The number of nitrogens with one attached hydrogen (secondary N) is 1. The molecule has 0 radical (unpaired) electrons. The Labute approximate surface area is 248 Å². The highest BCUT2D eigenvalue weighted by molar-refractivity contribution is 6.30. The molecule has 3 heterocycles. The van der Waals surface area contributed by atoms with Crippen LogP contribution in [0.1, 0.15) is 18.4 Å². The van der Waals surface area contributed by atoms with Crippen LogP contribution in [0.3, 0.4) is 0 Å². The van der Waals surface area contributed by atoms with Crippen molar-refractivity contribution in [2.24, 2.45) is 5.73 Å². The number of likely N-dealkylation sites (tertiary alicyclic amines) is 1. The zero-order chi connectivity index (χ0) is 31.5. The molecule has 1 spiro atoms. The molecule has 5 N–H and O–H groups in total. The van der Waals surface area contributed by atoms with E-state index in [4.69, 9.17) is 36.7 Å². The highest BCUT2D eigenvalue weighted by Gasteiger charge is 2.45. The Balaban J connectivity index is 0.000000541. The maximum absolute atomic E-state index is 12.6. The average molecular weight is 637 g/mol. The van der Waals surface area contributed by atoms with Crippen molar-refractivity contribution in [1.82, 2.24) is 4.90 Å². The molecule has 10 nitrogen and oxygen atoms in total. The highest BCUT2D eigenvalue weighted by Crippen LogP contribution is 2.43. The topological polar surface area (TPSA) is 138 Å². The van der Waals surface area contributed by atoms with Gasteiger partial charge in [0, 0.05) is 56.5 Å². The van der Waals surface area contributed by atoms with Gasteiger partial charge in [0.15, 0.2) is 0 Å². The first-order chi connectivity index (χ1) is 20.2. The first-order valence-corrected chi connectivity index (χ1v) is 13.6. The van der Waals surface area contributed by atoms with E-state index >= 15 is 0 Å². The van der Waals surface area contributed by atoms with Crippen LogP contribution in [0, 0.1) is 0 Å². The zero-order valence-corrected chi connectivity index (χ0v) is 23.4. The van der Waals surface area contributed by atoms with Crippen molar-refractivity contribution < 1.29 is 51.2 Å². The van der Waals surface area contributed by atoms with Crippen LogP contribution < -0.4 is 25.4 Å². The predicted octanol–water partition coefficient (Wildman–Crippen LogP) is 4.13. The van der Waals surface area contributed by atoms with Gasteiger partial charge in [0.1, 0.15) is 23.7 Å². The normalized spacial score (nSPS) is 21.2. The Morgan fingerprint density at radius 3 is 2.44 bits per heavy atom. The molecule has 43 heavy (non-hydrogen) atoms. The lowest BCUT2D eigenvalue weighted by molar-refractivity contribution is -0.192. The molecule has 2 atom stereocenters. The van der Waals surface area contributed by atoms with Crippen molar-refractivity contribution in [2.45, 2.75) is 49.6 Å². The van der Waals surface area contributed by atoms with Gasteiger partial charge in [-0.05, 0) is 35.9 Å². The van der Waals surface area contributed by atoms with E-state index in [9.17, 15) is 31.9 Å². The fraction of sp³-hybridized carbons (Fsp3) is 0.481. The van der Waals surface area contributed by atoms with Crippen molar-refractivity contribution >= 4 is 35.0 Å². The number of anilines is 2. The molecule has 0 aliphatic carbocycles. The molecule has 3 aliphatic heterocycles. The number of hydrogen-bond acceptors (Lipinski definition) is 7. The minimum Gasteiger partial charge on any atom is -0.488 e. The number of carboxylic acid groups (broad SMARTS) is 1. The van der Waals surface area contributed by atoms with Gasteiger partial charge in [-0.2, -0.15) is 13.2 Å². The lowest BCUT2D eigenvalue weighted by Gasteiger charge is -2.41. The van der Waals surface area contributed by atoms with Gasteiger partial charge in [0.2, 0.25) is 0 Å². The molecule has 3 aliphatic rings. The Morgan fingerprint density at radius 2 is 1.84 bits per heavy atom. The molecule has 0 saturated carbocycles. The van der Waals surface area contributed by atoms with Gasteiger partial charge in [0.05, 0.1) is 23.5 Å². The SMILES string of the molecule is NC(=O)Nc1ccc(OCC(F)F)cc1N1CC(N2CCC3(CC2)Cc2cc(Cl)ccc2O3)[C@H](O)C1.O=C(O)C(F)(F)F. The van der Waals surface area contributed by atoms with Crippen LogP contribution in [0.4, 0.5) is 38.1 Å². The van der Waals surface area contributed by atoms with Gasteiger partial charge in [0.25, 0.3) is 6.43 Å². The molecule has 0 aromatic heterocycles. The second-order valence-corrected chi connectivity index (χ2v) is 10.9. The second kappa shape index (κ2) is 13.0. The standard InChI is InChI=1S/C25H29ClF2N4O4.C2HF3O2/c26-16-1-4-22-15(9-16)11-25(36-22)5-7-31(8-6-25)20-12-32(13-21(20)33)19-10-17(35-14-23(27)28)2-3-18(19)30-24(29)34;3-2(4,5)1(6)7/h1-4,9-10,20-21,23,33H,5-8,11-14H2,(H3,29,30,34);(H,6,7)/t20?,21-;/m1./s1. The summed E-state index contributed by atoms with van der Waals surface area (Å²) in [5.41, 5.74) is 7.19. The number of amides is 2. The number of β-amino-alcohol motifs (C(OH)–C–C–N with tert-alkyl or cyclic N) is 1. The number of fused-ring (bicyclic) bond motifs is 1. The molecule has 2 saturated heterocycles. The number of carbonyl (C=O) groups excluding carboxylic acids is 1. The summed E-state index contributed by atoms with van der Waals surface area (Å²) in [6, 6.07) is 9.50. The molecule has 1 unspecified atom stereocenters. The summed E-state index contributed by atoms with van der Waals surface area (Å²) in [4.78, 5) is 24.6. The number of nitrogens with zero attached hydrogens (tertiary/aromatic N) is 2. The van der Waals surface area contributed by atoms with Crippen molar-refractivity contribution in [1.29, 1.82) is 0 Å². The number of benzene rings is 2. The van der Waals surface area contributed by atoms with E-state index in [0.29, 0.717) is 29.5 Å². The first-order valence-electron chi connectivity index (χ1n) is 13.2. The van der Waals surface area contributed by atoms with Crippen LogP contribution in [-0.2, 0) is 11.2 Å². The number of urea groups is 1. The first kappa shape index (κ1) is 32.4. The number of primary amides is 1. The van der Waals surface area contributed by atoms with Gasteiger partial charge in [-0.1, -0.05) is 11.6 Å². The number of halogens is 6. The summed E-state index contributed by atoms with van der Waals surface area (Å²) in [6.07, 6.45) is -5.84. The fourth-order valence-corrected chi connectivity index (χ4v) is 5.72. The summed E-state index contributed by atoms with van der Waals surface area (Å²) < 4.78 is 68.5. The number of piperidine rings is 1. The summed E-state index contributed by atoms with van der Waals surface area (Å²) in [7, 11) is 0. The number of alkyl halides is 5. The third kappa shape index (κ3) is 8.09. The molecule has 236 valence electrons. The molecule has 16 heteroatoms. The smallest absolute Gasteiger partial charge is 0.488 e. The Bertz CT molecular complexity index is 1330. The summed E-state index contributed by atoms with van der Waals surface area (Å²) >= 11 is 6.15. The van der Waals surface area contributed by atoms with Crippen molar-refractivity contribution in [3.8, 4) is 11.5 Å². The van der Waals surface area contributed by atoms with Gasteiger partial charge in [-0.25, -0.2) is 18.4 Å². The van der Waals surface area contributed by atoms with Crippen LogP contribution in [0.25, 0.3) is 0 Å². The van der Waals surface area contributed by atoms with Gasteiger partial charge in [-0.15, -0.1) is 0 Å². The predicted molar refractivity (Wildman–Crippen MR) is 146 cm³/mol. The Hall–Kier alpha value is -3.56. The van der Waals surface area contributed by atoms with Gasteiger partial charge >= 0.3 is 18.2 Å². The summed E-state index contributed by atoms with van der Waals surface area (Å²) in [5.74, 6) is -1.62. The monoisotopic (exact) mass is 636 g/mol. The van der Waals surface area contributed by atoms with Crippen molar-refractivity contribution in [2.75, 3.05) is 43.0 Å². The minimum atomic E-state index is -5.08. The fourth-order valence-electron chi connectivity index (χ4n) is 5.53. The third-order valence-electron chi connectivity index (χ3n) is 7.49. The minimum absolute atomic E-state index is 0.132. The lowest BCUT2D eigenvalue weighted by atomic mass is 9.86. The molecule has 2 aromatic carbocycles. The van der Waals surface area contributed by atoms with Crippen LogP contribution in [0.5, 0.6) is 11.5 Å². The molecule has 2 aromatic rings. The van der Waals surface area contributed by atoms with E-state index in [0.717, 1.165) is 43.7 Å². The van der Waals surface area contributed by atoms with E-state index in [1.165, 1.54) is 6.07 Å². The highest BCUT2D eigenvalue weighted by atomic mass is 35.5. The number of nitrogens with two attached hydrogens (primary N) is 1. The number of rotatable bonds is 6. The van der Waals surface area contributed by atoms with Crippen LogP contribution in [0.15, 0.2) is 36.4 Å². The van der Waals surface area contributed by atoms with E-state index in [2.05, 4.69) is 10.2 Å². The largest absolute Gasteiger partial charge is 0.490 e. The summed E-state index contributed by atoms with van der Waals surface area (Å²) in [6.45, 7) is 1.61. The van der Waals surface area contributed by atoms with Crippen LogP contribution >= 0.6 is 11.6 Å². The number of aliphatic hydroxyl groups excluding tert-OH is 1. The quantitative estimate of drug-likeness (QED) is 0.348. The molecule has 2 fully saturated rings. The number of aliphatic carboxylic acids is 1. The summed E-state index contributed by atoms with van der Waals surface area (Å²) in [5, 5.41) is 21.3. The third-order valence-corrected chi connectivity index (χ3v) is 7.72. The number of hydrogen-bond donors (Lipinski definition) is 4. The molecule has 2 amide bonds. The Kier molecular flexibility index (Phi) is 9.76. The number of aliphatic hydroxyl groups is 1. The van der Waals surface area contributed by atoms with E-state index < -0.39 is 37.3 Å². The average Bonchev–Trinajstić information content (AvgIpc) is 3.47. The van der Waals surface area contributed by atoms with Crippen LogP contribution in [0.2, 0.25) is 5.02 Å². The van der Waals surface area contributed by atoms with Gasteiger partial charge < -0.3 is 35.6 Å². The van der Waals surface area contributed by atoms with Crippen molar-refractivity contribution in [3.05, 3.63) is 47.0 Å². The van der Waals surface area contributed by atoms with Gasteiger partial charge in [-0.3, -0.25) is 4.90 Å². The van der Waals surface area contributed by atoms with Crippen LogP contribution in [-0.4, -0.2) is 90.2 Å². The molecular weight excluding hydrogens is 607 g/mol. The maximum Gasteiger partial charge on any atom is 0.490 e. The number of carboxylic acids is 1. The van der Waals surface area contributed by atoms with E-state index in [1.807, 2.05) is 23.1 Å². The molecule has 5 rings (SSSR count). The zero-order valence-electron chi connectivity index (χ0n) is 22.6. The maximum atomic E-state index is 12.6. The lowest BCUT2D eigenvalue weighted by Crippen LogP contribution is -2.53. The second-order valence-electron chi connectivity index (χ2n) is 10.5. The number of ether oxygens (including phenoxy) is 2. The molecule has 0 bridgehead atoms.